The van der Waals surface area contributed by atoms with Crippen LogP contribution in [0.3, 0.4) is 0 Å². The van der Waals surface area contributed by atoms with Crippen LogP contribution in [-0.4, -0.2) is 18.3 Å². The molecule has 0 heterocycles. The summed E-state index contributed by atoms with van der Waals surface area (Å²) in [7, 11) is 0. The van der Waals surface area contributed by atoms with Crippen LogP contribution in [0.5, 0.6) is 0 Å². The van der Waals surface area contributed by atoms with Gasteiger partial charge in [0, 0.05) is 0 Å². The zero-order valence-electron chi connectivity index (χ0n) is 7.49. The Hall–Kier alpha value is -1.06. The molecule has 0 aromatic heterocycles. The van der Waals surface area contributed by atoms with Crippen molar-refractivity contribution in [2.24, 2.45) is 16.5 Å². The number of aliphatic imine (C=N–C) groups is 1. The number of hydrogen-bond acceptors (Lipinski definition) is 2. The Morgan fingerprint density at radius 1 is 1.50 bits per heavy atom. The van der Waals surface area contributed by atoms with Gasteiger partial charge in [0.25, 0.3) is 0 Å². The molecule has 0 radical (unpaired) electrons. The van der Waals surface area contributed by atoms with Crippen LogP contribution >= 0.6 is 0 Å². The van der Waals surface area contributed by atoms with E-state index in [1.165, 1.54) is 0 Å². The number of nitrogens with zero attached hydrogens (tertiary/aromatic N) is 1. The van der Waals surface area contributed by atoms with Gasteiger partial charge in [-0.05, 0) is 6.42 Å². The maximum Gasteiger partial charge on any atom is 0.186 e. The van der Waals surface area contributed by atoms with E-state index in [0.717, 1.165) is 32.0 Å². The summed E-state index contributed by atoms with van der Waals surface area (Å²) in [6.07, 6.45) is 4.78. The van der Waals surface area contributed by atoms with E-state index in [-0.39, 0.29) is 12.0 Å². The van der Waals surface area contributed by atoms with Crippen LogP contribution < -0.4 is 11.5 Å². The second kappa shape index (κ2) is 6.64. The quantitative estimate of drug-likeness (QED) is 0.263. The largest absolute Gasteiger partial charge is 0.370 e. The third-order valence-corrected chi connectivity index (χ3v) is 1.58. The van der Waals surface area contributed by atoms with Crippen LogP contribution in [0, 0.1) is 0 Å². The Morgan fingerprint density at radius 2 is 2.17 bits per heavy atom. The van der Waals surface area contributed by atoms with Gasteiger partial charge in [-0.1, -0.05) is 26.2 Å². The molecule has 0 bridgehead atoms. The second-order valence-corrected chi connectivity index (χ2v) is 2.75. The van der Waals surface area contributed by atoms with Gasteiger partial charge in [-0.15, -0.1) is 0 Å². The number of carbonyl (C=O) groups excluding carboxylic acids is 1. The molecular formula is C8H17N3O. The van der Waals surface area contributed by atoms with Gasteiger partial charge in [0.15, 0.2) is 5.96 Å². The van der Waals surface area contributed by atoms with E-state index in [0.29, 0.717) is 0 Å². The topological polar surface area (TPSA) is 81.5 Å². The molecule has 0 spiro atoms. The molecule has 0 fully saturated rings. The third-order valence-electron chi connectivity index (χ3n) is 1.58. The van der Waals surface area contributed by atoms with Crippen LogP contribution in [0.25, 0.3) is 0 Å². The number of unbranched alkanes of at least 4 members (excludes halogenated alkanes) is 2. The van der Waals surface area contributed by atoms with E-state index in [1.807, 2.05) is 0 Å². The SMILES string of the molecule is CCCCCC(C=O)N=C(N)N. The van der Waals surface area contributed by atoms with Gasteiger partial charge in [0.2, 0.25) is 0 Å². The lowest BCUT2D eigenvalue weighted by Gasteiger charge is -2.03. The van der Waals surface area contributed by atoms with Gasteiger partial charge in [-0.25, -0.2) is 4.99 Å². The van der Waals surface area contributed by atoms with Gasteiger partial charge in [-0.3, -0.25) is 0 Å². The molecule has 4 N–H and O–H groups in total. The monoisotopic (exact) mass is 171 g/mol. The summed E-state index contributed by atoms with van der Waals surface area (Å²) < 4.78 is 0. The molecule has 1 atom stereocenters. The first-order valence-electron chi connectivity index (χ1n) is 4.24. The third kappa shape index (κ3) is 5.70. The van der Waals surface area contributed by atoms with Crippen molar-refractivity contribution in [3.05, 3.63) is 0 Å². The fourth-order valence-corrected chi connectivity index (χ4v) is 0.958. The van der Waals surface area contributed by atoms with Crippen molar-refractivity contribution in [3.8, 4) is 0 Å². The van der Waals surface area contributed by atoms with Crippen LogP contribution in [0.15, 0.2) is 4.99 Å². The number of rotatable bonds is 6. The van der Waals surface area contributed by atoms with Crippen LogP contribution in [0.1, 0.15) is 32.6 Å². The van der Waals surface area contributed by atoms with Gasteiger partial charge in [0.1, 0.15) is 12.3 Å². The number of aldehydes is 1. The lowest BCUT2D eigenvalue weighted by atomic mass is 10.1. The molecule has 4 heteroatoms. The predicted octanol–water partition coefficient (Wildman–Crippen LogP) is 0.408. The van der Waals surface area contributed by atoms with E-state index in [4.69, 9.17) is 11.5 Å². The molecule has 0 aromatic carbocycles. The summed E-state index contributed by atoms with van der Waals surface area (Å²) in [5, 5.41) is 0. The van der Waals surface area contributed by atoms with Crippen LogP contribution in [-0.2, 0) is 4.79 Å². The maximum absolute atomic E-state index is 10.4. The molecule has 0 saturated carbocycles. The fraction of sp³-hybridized carbons (Fsp3) is 0.750. The summed E-state index contributed by atoms with van der Waals surface area (Å²) in [6.45, 7) is 2.11. The highest BCUT2D eigenvalue weighted by Crippen LogP contribution is 2.04. The van der Waals surface area contributed by atoms with Crippen molar-refractivity contribution in [2.75, 3.05) is 0 Å². The number of nitrogens with two attached hydrogens (primary N) is 2. The molecule has 0 aliphatic rings. The Balaban J connectivity index is 3.68. The molecule has 1 unspecified atom stereocenters. The van der Waals surface area contributed by atoms with Crippen molar-refractivity contribution in [1.82, 2.24) is 0 Å². The summed E-state index contributed by atoms with van der Waals surface area (Å²) in [4.78, 5) is 14.2. The second-order valence-electron chi connectivity index (χ2n) is 2.75. The zero-order valence-corrected chi connectivity index (χ0v) is 7.49. The van der Waals surface area contributed by atoms with E-state index in [1.54, 1.807) is 0 Å². The van der Waals surface area contributed by atoms with Crippen molar-refractivity contribution in [1.29, 1.82) is 0 Å². The summed E-state index contributed by atoms with van der Waals surface area (Å²) in [6, 6.07) is -0.346. The Bertz CT molecular complexity index is 152. The molecule has 0 saturated heterocycles. The molecule has 12 heavy (non-hydrogen) atoms. The normalized spacial score (nSPS) is 12.1. The van der Waals surface area contributed by atoms with Gasteiger partial charge < -0.3 is 16.3 Å². The van der Waals surface area contributed by atoms with Crippen molar-refractivity contribution in [2.45, 2.75) is 38.6 Å². The highest BCUT2D eigenvalue weighted by atomic mass is 16.1. The molecule has 0 aromatic rings. The summed E-state index contributed by atoms with van der Waals surface area (Å²) in [5.74, 6) is -0.0106. The average molecular weight is 171 g/mol. The first-order valence-corrected chi connectivity index (χ1v) is 4.24. The predicted molar refractivity (Wildman–Crippen MR) is 49.8 cm³/mol. The Morgan fingerprint density at radius 3 is 2.58 bits per heavy atom. The van der Waals surface area contributed by atoms with Crippen molar-refractivity contribution >= 4 is 12.2 Å². The number of guanidine groups is 1. The van der Waals surface area contributed by atoms with E-state index < -0.39 is 0 Å². The lowest BCUT2D eigenvalue weighted by molar-refractivity contribution is -0.109. The minimum atomic E-state index is -0.346. The molecule has 4 nitrogen and oxygen atoms in total. The highest BCUT2D eigenvalue weighted by Gasteiger charge is 2.03. The highest BCUT2D eigenvalue weighted by molar-refractivity contribution is 5.78. The van der Waals surface area contributed by atoms with E-state index in [2.05, 4.69) is 11.9 Å². The maximum atomic E-state index is 10.4. The summed E-state index contributed by atoms with van der Waals surface area (Å²) in [5.41, 5.74) is 10.3. The average Bonchev–Trinajstić information content (AvgIpc) is 2.02. The van der Waals surface area contributed by atoms with Gasteiger partial charge in [0.05, 0.1) is 0 Å². The molecular weight excluding hydrogens is 154 g/mol. The first-order chi connectivity index (χ1) is 5.70. The fourth-order valence-electron chi connectivity index (χ4n) is 0.958. The molecule has 70 valence electrons. The lowest BCUT2D eigenvalue weighted by Crippen LogP contribution is -2.26. The zero-order chi connectivity index (χ0) is 9.40. The number of carbonyl (C=O) groups is 1. The molecule has 0 aliphatic heterocycles. The van der Waals surface area contributed by atoms with E-state index >= 15 is 0 Å². The van der Waals surface area contributed by atoms with Gasteiger partial charge >= 0.3 is 0 Å². The van der Waals surface area contributed by atoms with Crippen molar-refractivity contribution in [3.63, 3.8) is 0 Å². The molecule has 0 rings (SSSR count). The van der Waals surface area contributed by atoms with Crippen LogP contribution in [0.4, 0.5) is 0 Å². The van der Waals surface area contributed by atoms with Crippen LogP contribution in [0.2, 0.25) is 0 Å². The minimum absolute atomic E-state index is 0.0106. The standard InChI is InChI=1S/C8H17N3O/c1-2-3-4-5-7(6-12)11-8(9)10/h6-7H,2-5H2,1H3,(H4,9,10,11). The van der Waals surface area contributed by atoms with Crippen molar-refractivity contribution < 1.29 is 4.79 Å². The van der Waals surface area contributed by atoms with E-state index in [9.17, 15) is 4.79 Å². The Kier molecular flexibility index (Phi) is 6.05. The first kappa shape index (κ1) is 10.9. The summed E-state index contributed by atoms with van der Waals surface area (Å²) >= 11 is 0. The molecule has 0 aliphatic carbocycles. The molecule has 0 amide bonds. The Labute approximate surface area is 73.0 Å². The smallest absolute Gasteiger partial charge is 0.186 e. The number of hydrogen-bond donors (Lipinski definition) is 2. The van der Waals surface area contributed by atoms with Gasteiger partial charge in [-0.2, -0.15) is 0 Å². The minimum Gasteiger partial charge on any atom is -0.370 e.